The number of amides is 1. The second-order valence-corrected chi connectivity index (χ2v) is 7.96. The number of hydrogen-bond donors (Lipinski definition) is 3. The van der Waals surface area contributed by atoms with Gasteiger partial charge in [0.1, 0.15) is 6.04 Å². The molecule has 4 atom stereocenters. The molecular formula is C21H32N2O3. The number of aliphatic carboxylic acids is 1. The van der Waals surface area contributed by atoms with Crippen LogP contribution in [0, 0.1) is 17.8 Å². The quantitative estimate of drug-likeness (QED) is 0.666. The molecule has 1 saturated carbocycles. The van der Waals surface area contributed by atoms with Crippen molar-refractivity contribution >= 4 is 11.9 Å². The van der Waals surface area contributed by atoms with Crippen molar-refractivity contribution in [1.82, 2.24) is 10.6 Å². The molecule has 1 aliphatic carbocycles. The van der Waals surface area contributed by atoms with Crippen LogP contribution in [0.3, 0.4) is 0 Å². The minimum atomic E-state index is -1.01. The second kappa shape index (κ2) is 9.72. The largest absolute Gasteiger partial charge is 0.480 e. The molecule has 0 aromatic heterocycles. The maximum Gasteiger partial charge on any atom is 0.326 e. The first-order valence-electron chi connectivity index (χ1n) is 9.66. The number of nitrogens with one attached hydrogen (secondary N) is 2. The zero-order valence-electron chi connectivity index (χ0n) is 16.1. The van der Waals surface area contributed by atoms with Gasteiger partial charge in [0.05, 0.1) is 6.54 Å². The Labute approximate surface area is 156 Å². The Kier molecular flexibility index (Phi) is 7.64. The van der Waals surface area contributed by atoms with Gasteiger partial charge in [-0.05, 0) is 36.2 Å². The lowest BCUT2D eigenvalue weighted by atomic mass is 9.74. The maximum absolute atomic E-state index is 12.3. The van der Waals surface area contributed by atoms with E-state index in [0.29, 0.717) is 23.8 Å². The Morgan fingerprint density at radius 1 is 1.19 bits per heavy atom. The predicted octanol–water partition coefficient (Wildman–Crippen LogP) is 2.85. The number of carboxylic acid groups (broad SMARTS) is 1. The van der Waals surface area contributed by atoms with Crippen LogP contribution in [-0.2, 0) is 16.0 Å². The smallest absolute Gasteiger partial charge is 0.326 e. The highest BCUT2D eigenvalue weighted by atomic mass is 16.4. The molecule has 0 unspecified atom stereocenters. The SMILES string of the molecule is CC(C)[C@@H]1CC[C@@H](C)C[C@H]1NCC(=O)N[C@@H](Cc1ccccc1)C(=O)O. The van der Waals surface area contributed by atoms with E-state index in [-0.39, 0.29) is 18.9 Å². The molecule has 0 aliphatic heterocycles. The summed E-state index contributed by atoms with van der Waals surface area (Å²) in [7, 11) is 0. The van der Waals surface area contributed by atoms with Crippen LogP contribution in [0.1, 0.15) is 45.6 Å². The van der Waals surface area contributed by atoms with Crippen molar-refractivity contribution in [3.05, 3.63) is 35.9 Å². The fourth-order valence-corrected chi connectivity index (χ4v) is 3.96. The summed E-state index contributed by atoms with van der Waals surface area (Å²) in [6, 6.07) is 8.79. The molecule has 0 spiro atoms. The normalized spacial score (nSPS) is 24.2. The fraction of sp³-hybridized carbons (Fsp3) is 0.619. The Morgan fingerprint density at radius 3 is 2.50 bits per heavy atom. The summed E-state index contributed by atoms with van der Waals surface area (Å²) in [5, 5.41) is 15.5. The lowest BCUT2D eigenvalue weighted by molar-refractivity contribution is -0.141. The maximum atomic E-state index is 12.3. The first-order valence-corrected chi connectivity index (χ1v) is 9.66. The van der Waals surface area contributed by atoms with Gasteiger partial charge >= 0.3 is 5.97 Å². The lowest BCUT2D eigenvalue weighted by Crippen LogP contribution is -2.50. The van der Waals surface area contributed by atoms with E-state index in [4.69, 9.17) is 0 Å². The topological polar surface area (TPSA) is 78.4 Å². The van der Waals surface area contributed by atoms with Crippen LogP contribution in [0.25, 0.3) is 0 Å². The first kappa shape index (κ1) is 20.4. The second-order valence-electron chi connectivity index (χ2n) is 7.96. The highest BCUT2D eigenvalue weighted by molar-refractivity contribution is 5.84. The minimum absolute atomic E-state index is 0.166. The van der Waals surface area contributed by atoms with Gasteiger partial charge in [0.25, 0.3) is 0 Å². The van der Waals surface area contributed by atoms with Gasteiger partial charge in [-0.2, -0.15) is 0 Å². The molecule has 5 heteroatoms. The standard InChI is InChI=1S/C21H32N2O3/c1-14(2)17-10-9-15(3)11-18(17)22-13-20(24)23-19(21(25)26)12-16-7-5-4-6-8-16/h4-8,14-15,17-19,22H,9-13H2,1-3H3,(H,23,24)(H,25,26)/t15-,17+,18-,19+/m1/s1. The van der Waals surface area contributed by atoms with Gasteiger partial charge in [-0.1, -0.05) is 57.5 Å². The number of benzene rings is 1. The lowest BCUT2D eigenvalue weighted by Gasteiger charge is -2.38. The minimum Gasteiger partial charge on any atom is -0.480 e. The van der Waals surface area contributed by atoms with Crippen molar-refractivity contribution in [3.8, 4) is 0 Å². The van der Waals surface area contributed by atoms with E-state index in [1.807, 2.05) is 30.3 Å². The summed E-state index contributed by atoms with van der Waals surface area (Å²) in [6.45, 7) is 6.89. The highest BCUT2D eigenvalue weighted by Crippen LogP contribution is 2.33. The average Bonchev–Trinajstić information content (AvgIpc) is 2.60. The van der Waals surface area contributed by atoms with Crippen LogP contribution in [0.15, 0.2) is 30.3 Å². The Bertz CT molecular complexity index is 588. The molecule has 1 aromatic rings. The number of carbonyl (C=O) groups is 2. The van der Waals surface area contributed by atoms with Gasteiger partial charge in [0.15, 0.2) is 0 Å². The van der Waals surface area contributed by atoms with Crippen molar-refractivity contribution in [1.29, 1.82) is 0 Å². The van der Waals surface area contributed by atoms with Gasteiger partial charge in [0, 0.05) is 12.5 Å². The Balaban J connectivity index is 1.88. The van der Waals surface area contributed by atoms with Gasteiger partial charge < -0.3 is 15.7 Å². The number of rotatable bonds is 8. The highest BCUT2D eigenvalue weighted by Gasteiger charge is 2.31. The van der Waals surface area contributed by atoms with E-state index < -0.39 is 12.0 Å². The molecule has 0 saturated heterocycles. The van der Waals surface area contributed by atoms with E-state index in [2.05, 4.69) is 31.4 Å². The molecule has 3 N–H and O–H groups in total. The third-order valence-electron chi connectivity index (χ3n) is 5.46. The van der Waals surface area contributed by atoms with Gasteiger partial charge in [-0.15, -0.1) is 0 Å². The molecule has 1 amide bonds. The molecule has 1 fully saturated rings. The Morgan fingerprint density at radius 2 is 1.88 bits per heavy atom. The summed E-state index contributed by atoms with van der Waals surface area (Å²) in [4.78, 5) is 23.8. The Hall–Kier alpha value is -1.88. The summed E-state index contributed by atoms with van der Waals surface area (Å²) in [5.74, 6) is 0.546. The van der Waals surface area contributed by atoms with Crippen LogP contribution >= 0.6 is 0 Å². The zero-order valence-corrected chi connectivity index (χ0v) is 16.1. The fourth-order valence-electron chi connectivity index (χ4n) is 3.96. The summed E-state index contributed by atoms with van der Waals surface area (Å²) >= 11 is 0. The number of hydrogen-bond acceptors (Lipinski definition) is 3. The van der Waals surface area contributed by atoms with Crippen molar-refractivity contribution in [3.63, 3.8) is 0 Å². The molecule has 5 nitrogen and oxygen atoms in total. The van der Waals surface area contributed by atoms with Crippen LogP contribution in [0.2, 0.25) is 0 Å². The molecule has 1 aromatic carbocycles. The summed E-state index contributed by atoms with van der Waals surface area (Å²) < 4.78 is 0. The molecule has 0 bridgehead atoms. The van der Waals surface area contributed by atoms with Crippen molar-refractivity contribution < 1.29 is 14.7 Å². The van der Waals surface area contributed by atoms with Gasteiger partial charge in [-0.3, -0.25) is 4.79 Å². The third-order valence-corrected chi connectivity index (χ3v) is 5.46. The van der Waals surface area contributed by atoms with Crippen LogP contribution in [0.5, 0.6) is 0 Å². The number of carboxylic acids is 1. The molecular weight excluding hydrogens is 328 g/mol. The molecule has 26 heavy (non-hydrogen) atoms. The molecule has 2 rings (SSSR count). The van der Waals surface area contributed by atoms with Crippen molar-refractivity contribution in [2.45, 2.75) is 58.5 Å². The van der Waals surface area contributed by atoms with Crippen molar-refractivity contribution in [2.75, 3.05) is 6.54 Å². The monoisotopic (exact) mass is 360 g/mol. The molecule has 144 valence electrons. The van der Waals surface area contributed by atoms with Crippen LogP contribution < -0.4 is 10.6 Å². The predicted molar refractivity (Wildman–Crippen MR) is 103 cm³/mol. The first-order chi connectivity index (χ1) is 12.4. The van der Waals surface area contributed by atoms with E-state index in [0.717, 1.165) is 12.0 Å². The van der Waals surface area contributed by atoms with E-state index in [1.54, 1.807) is 0 Å². The molecule has 0 heterocycles. The van der Waals surface area contributed by atoms with Gasteiger partial charge in [0.2, 0.25) is 5.91 Å². The summed E-state index contributed by atoms with van der Waals surface area (Å²) in [6.07, 6.45) is 3.79. The van der Waals surface area contributed by atoms with E-state index >= 15 is 0 Å². The molecule has 1 aliphatic rings. The number of carbonyl (C=O) groups excluding carboxylic acids is 1. The van der Waals surface area contributed by atoms with Crippen molar-refractivity contribution in [2.24, 2.45) is 17.8 Å². The average molecular weight is 360 g/mol. The van der Waals surface area contributed by atoms with E-state index in [1.165, 1.54) is 12.8 Å². The summed E-state index contributed by atoms with van der Waals surface area (Å²) in [5.41, 5.74) is 0.897. The van der Waals surface area contributed by atoms with Gasteiger partial charge in [-0.25, -0.2) is 4.79 Å². The third kappa shape index (κ3) is 6.13. The van der Waals surface area contributed by atoms with E-state index in [9.17, 15) is 14.7 Å². The zero-order chi connectivity index (χ0) is 19.1. The van der Waals surface area contributed by atoms with Crippen LogP contribution in [-0.4, -0.2) is 35.6 Å². The van der Waals surface area contributed by atoms with Crippen LogP contribution in [0.4, 0.5) is 0 Å². The molecule has 0 radical (unpaired) electrons.